The van der Waals surface area contributed by atoms with E-state index in [2.05, 4.69) is 0 Å². The number of Topliss-reactive ketones (excluding diaryl/α,β-unsaturated/α-hetero) is 4. The number of hydrogen-bond donors (Lipinski definition) is 0. The van der Waals surface area contributed by atoms with Crippen LogP contribution < -0.4 is 23.7 Å². The first-order valence-electron chi connectivity index (χ1n) is 9.31. The SMILES string of the molecule is COc1cc(OC)cc(C(=O)C(=O)COCC(=O)C(=O)c2cc(OC)c3c(c2)OCO3)c1. The molecule has 0 bridgehead atoms. The summed E-state index contributed by atoms with van der Waals surface area (Å²) in [6, 6.07) is 7.01. The third kappa shape index (κ3) is 4.86. The van der Waals surface area contributed by atoms with Crippen molar-refractivity contribution in [2.75, 3.05) is 41.3 Å². The van der Waals surface area contributed by atoms with E-state index in [0.717, 1.165) is 0 Å². The Balaban J connectivity index is 1.59. The molecule has 0 fully saturated rings. The van der Waals surface area contributed by atoms with Crippen LogP contribution in [0.2, 0.25) is 0 Å². The molecule has 10 nitrogen and oxygen atoms in total. The second-order valence-corrected chi connectivity index (χ2v) is 6.51. The van der Waals surface area contributed by atoms with Gasteiger partial charge in [0.2, 0.25) is 35.7 Å². The number of rotatable bonds is 11. The fourth-order valence-corrected chi connectivity index (χ4v) is 2.89. The maximum atomic E-state index is 12.4. The van der Waals surface area contributed by atoms with Crippen LogP contribution in [0, 0.1) is 0 Å². The maximum absolute atomic E-state index is 12.4. The largest absolute Gasteiger partial charge is 0.497 e. The van der Waals surface area contributed by atoms with Crippen molar-refractivity contribution >= 4 is 23.1 Å². The number of fused-ring (bicyclic) bond motifs is 1. The van der Waals surface area contributed by atoms with Crippen LogP contribution in [0.3, 0.4) is 0 Å². The molecule has 0 spiro atoms. The van der Waals surface area contributed by atoms with Crippen LogP contribution in [0.5, 0.6) is 28.7 Å². The second-order valence-electron chi connectivity index (χ2n) is 6.51. The summed E-state index contributed by atoms with van der Waals surface area (Å²) >= 11 is 0. The lowest BCUT2D eigenvalue weighted by atomic mass is 10.1. The summed E-state index contributed by atoms with van der Waals surface area (Å²) in [4.78, 5) is 49.2. The third-order valence-corrected chi connectivity index (χ3v) is 4.51. The van der Waals surface area contributed by atoms with Gasteiger partial charge in [0, 0.05) is 17.2 Å². The van der Waals surface area contributed by atoms with Gasteiger partial charge in [-0.15, -0.1) is 0 Å². The molecule has 2 aromatic rings. The summed E-state index contributed by atoms with van der Waals surface area (Å²) in [6.45, 7) is -1.40. The summed E-state index contributed by atoms with van der Waals surface area (Å²) in [5.74, 6) is -1.99. The molecule has 0 unspecified atom stereocenters. The highest BCUT2D eigenvalue weighted by atomic mass is 16.7. The van der Waals surface area contributed by atoms with Crippen molar-refractivity contribution in [3.8, 4) is 28.7 Å². The van der Waals surface area contributed by atoms with Crippen LogP contribution in [0.15, 0.2) is 30.3 Å². The number of hydrogen-bond acceptors (Lipinski definition) is 10. The summed E-state index contributed by atoms with van der Waals surface area (Å²) in [5.41, 5.74) is 0.0650. The molecule has 1 aliphatic heterocycles. The van der Waals surface area contributed by atoms with E-state index in [1.807, 2.05) is 0 Å². The molecule has 32 heavy (non-hydrogen) atoms. The molecule has 1 aliphatic rings. The van der Waals surface area contributed by atoms with Crippen LogP contribution in [0.4, 0.5) is 0 Å². The summed E-state index contributed by atoms with van der Waals surface area (Å²) in [7, 11) is 4.20. The van der Waals surface area contributed by atoms with Crippen LogP contribution in [-0.2, 0) is 14.3 Å². The number of ketones is 4. The molecular formula is C22H20O10. The molecule has 3 rings (SSSR count). The van der Waals surface area contributed by atoms with Crippen molar-refractivity contribution in [3.05, 3.63) is 41.5 Å². The lowest BCUT2D eigenvalue weighted by Gasteiger charge is -2.08. The molecule has 0 saturated carbocycles. The Morgan fingerprint density at radius 3 is 1.84 bits per heavy atom. The Bertz CT molecular complexity index is 1050. The van der Waals surface area contributed by atoms with E-state index in [0.29, 0.717) is 17.2 Å². The quantitative estimate of drug-likeness (QED) is 0.373. The Labute approximate surface area is 182 Å². The molecule has 0 aromatic heterocycles. The summed E-state index contributed by atoms with van der Waals surface area (Å²) in [5, 5.41) is 0. The molecule has 0 amide bonds. The van der Waals surface area contributed by atoms with Gasteiger partial charge in [-0.3, -0.25) is 19.2 Å². The van der Waals surface area contributed by atoms with E-state index < -0.39 is 36.3 Å². The Morgan fingerprint density at radius 2 is 1.31 bits per heavy atom. The average Bonchev–Trinajstić information content (AvgIpc) is 3.30. The minimum atomic E-state index is -0.908. The van der Waals surface area contributed by atoms with E-state index >= 15 is 0 Å². The minimum absolute atomic E-state index is 0.0191. The minimum Gasteiger partial charge on any atom is -0.497 e. The van der Waals surface area contributed by atoms with Gasteiger partial charge in [-0.1, -0.05) is 0 Å². The molecule has 168 valence electrons. The molecule has 0 aliphatic carbocycles. The zero-order valence-corrected chi connectivity index (χ0v) is 17.6. The van der Waals surface area contributed by atoms with E-state index in [4.69, 9.17) is 28.4 Å². The smallest absolute Gasteiger partial charge is 0.231 e. The number of carbonyl (C=O) groups is 4. The van der Waals surface area contributed by atoms with Gasteiger partial charge in [0.25, 0.3) is 0 Å². The van der Waals surface area contributed by atoms with Gasteiger partial charge in [-0.25, -0.2) is 0 Å². The first-order valence-corrected chi connectivity index (χ1v) is 9.31. The zero-order chi connectivity index (χ0) is 23.3. The monoisotopic (exact) mass is 444 g/mol. The molecule has 0 radical (unpaired) electrons. The first kappa shape index (κ1) is 22.8. The Morgan fingerprint density at radius 1 is 0.750 bits per heavy atom. The maximum Gasteiger partial charge on any atom is 0.231 e. The Hall–Kier alpha value is -3.92. The van der Waals surface area contributed by atoms with Gasteiger partial charge in [-0.2, -0.15) is 0 Å². The van der Waals surface area contributed by atoms with Gasteiger partial charge in [0.1, 0.15) is 24.7 Å². The van der Waals surface area contributed by atoms with E-state index in [1.54, 1.807) is 6.07 Å². The van der Waals surface area contributed by atoms with Crippen molar-refractivity contribution in [3.63, 3.8) is 0 Å². The average molecular weight is 444 g/mol. The van der Waals surface area contributed by atoms with Gasteiger partial charge in [0.05, 0.1) is 21.3 Å². The van der Waals surface area contributed by atoms with Gasteiger partial charge >= 0.3 is 0 Å². The van der Waals surface area contributed by atoms with E-state index in [1.165, 1.54) is 45.6 Å². The topological polar surface area (TPSA) is 124 Å². The van der Waals surface area contributed by atoms with Gasteiger partial charge in [-0.05, 0) is 24.3 Å². The summed E-state index contributed by atoms with van der Waals surface area (Å²) in [6.07, 6.45) is 0. The van der Waals surface area contributed by atoms with Crippen LogP contribution in [0.25, 0.3) is 0 Å². The van der Waals surface area contributed by atoms with Crippen LogP contribution >= 0.6 is 0 Å². The highest BCUT2D eigenvalue weighted by molar-refractivity contribution is 6.45. The predicted molar refractivity (Wildman–Crippen MR) is 108 cm³/mol. The van der Waals surface area contributed by atoms with Crippen LogP contribution in [0.1, 0.15) is 20.7 Å². The molecule has 10 heteroatoms. The molecular weight excluding hydrogens is 424 g/mol. The predicted octanol–water partition coefficient (Wildman–Crippen LogP) is 1.66. The molecule has 0 saturated heterocycles. The lowest BCUT2D eigenvalue weighted by molar-refractivity contribution is -0.124. The van der Waals surface area contributed by atoms with Gasteiger partial charge < -0.3 is 28.4 Å². The number of methoxy groups -OCH3 is 3. The number of carbonyl (C=O) groups excluding carboxylic acids is 4. The fraction of sp³-hybridized carbons (Fsp3) is 0.273. The van der Waals surface area contributed by atoms with Crippen molar-refractivity contribution < 1.29 is 47.6 Å². The van der Waals surface area contributed by atoms with Crippen molar-refractivity contribution in [2.24, 2.45) is 0 Å². The van der Waals surface area contributed by atoms with Gasteiger partial charge in [0.15, 0.2) is 11.5 Å². The molecule has 1 heterocycles. The standard InChI is InChI=1S/C22H20O10/c1-27-14-4-12(5-15(8-14)28-2)20(25)16(23)9-30-10-17(24)21(26)13-6-18(29-3)22-19(7-13)31-11-32-22/h4-8H,9-11H2,1-3H3. The fourth-order valence-electron chi connectivity index (χ4n) is 2.89. The normalized spacial score (nSPS) is 11.6. The third-order valence-electron chi connectivity index (χ3n) is 4.51. The number of benzene rings is 2. The van der Waals surface area contributed by atoms with E-state index in [9.17, 15) is 19.2 Å². The second kappa shape index (κ2) is 9.92. The molecule has 0 atom stereocenters. The lowest BCUT2D eigenvalue weighted by Crippen LogP contribution is -2.25. The molecule has 0 N–H and O–H groups in total. The van der Waals surface area contributed by atoms with Crippen LogP contribution in [-0.4, -0.2) is 64.5 Å². The van der Waals surface area contributed by atoms with Crippen molar-refractivity contribution in [2.45, 2.75) is 0 Å². The Kier molecular flexibility index (Phi) is 7.06. The first-order chi connectivity index (χ1) is 15.4. The summed E-state index contributed by atoms with van der Waals surface area (Å²) < 4.78 is 30.8. The van der Waals surface area contributed by atoms with Crippen molar-refractivity contribution in [1.29, 1.82) is 0 Å². The highest BCUT2D eigenvalue weighted by Crippen LogP contribution is 2.41. The zero-order valence-electron chi connectivity index (χ0n) is 17.6. The van der Waals surface area contributed by atoms with Crippen molar-refractivity contribution in [1.82, 2.24) is 0 Å². The highest BCUT2D eigenvalue weighted by Gasteiger charge is 2.26. The molecule has 2 aromatic carbocycles. The number of ether oxygens (including phenoxy) is 6. The van der Waals surface area contributed by atoms with E-state index in [-0.39, 0.29) is 29.4 Å².